The summed E-state index contributed by atoms with van der Waals surface area (Å²) < 4.78 is 0. The van der Waals surface area contributed by atoms with Crippen LogP contribution in [0.1, 0.15) is 26.3 Å². The van der Waals surface area contributed by atoms with Gasteiger partial charge in [-0.2, -0.15) is 0 Å². The van der Waals surface area contributed by atoms with Gasteiger partial charge in [-0.15, -0.1) is 0 Å². The summed E-state index contributed by atoms with van der Waals surface area (Å²) in [5, 5.41) is 0. The van der Waals surface area contributed by atoms with Gasteiger partial charge in [-0.1, -0.05) is 42.5 Å². The van der Waals surface area contributed by atoms with Crippen LogP contribution in [0.15, 0.2) is 54.6 Å². The molecule has 3 amide bonds. The number of imide groups is 1. The summed E-state index contributed by atoms with van der Waals surface area (Å²) >= 11 is 0. The monoisotopic (exact) mass is 378 g/mol. The Kier molecular flexibility index (Phi) is 4.96. The Bertz CT molecular complexity index is 869. The summed E-state index contributed by atoms with van der Waals surface area (Å²) in [6, 6.07) is 15.5. The smallest absolute Gasteiger partial charge is 0.262 e. The number of likely N-dealkylation sites (N-methyl/N-ethyl adjacent to an activating group) is 1. The zero-order valence-corrected chi connectivity index (χ0v) is 15.9. The largest absolute Gasteiger partial charge is 0.334 e. The van der Waals surface area contributed by atoms with E-state index in [1.54, 1.807) is 29.2 Å². The predicted molar refractivity (Wildman–Crippen MR) is 104 cm³/mol. The second kappa shape index (κ2) is 7.56. The number of rotatable bonds is 4. The zero-order chi connectivity index (χ0) is 19.7. The molecule has 0 aromatic heterocycles. The van der Waals surface area contributed by atoms with Gasteiger partial charge in [0.05, 0.1) is 44.4 Å². The molecular formula is C22H24N3O3+. The average Bonchev–Trinajstić information content (AvgIpc) is 2.98. The van der Waals surface area contributed by atoms with Crippen LogP contribution >= 0.6 is 0 Å². The summed E-state index contributed by atoms with van der Waals surface area (Å²) in [5.74, 6) is -0.907. The molecule has 2 aliphatic heterocycles. The Morgan fingerprint density at radius 3 is 2.04 bits per heavy atom. The van der Waals surface area contributed by atoms with E-state index in [1.165, 1.54) is 9.80 Å². The molecule has 28 heavy (non-hydrogen) atoms. The molecule has 6 heteroatoms. The fourth-order valence-electron chi connectivity index (χ4n) is 3.94. The second-order valence-electron chi connectivity index (χ2n) is 7.51. The highest BCUT2D eigenvalue weighted by atomic mass is 16.2. The number of amides is 3. The van der Waals surface area contributed by atoms with E-state index in [0.717, 1.165) is 18.7 Å². The molecule has 0 spiro atoms. The first kappa shape index (κ1) is 18.4. The minimum Gasteiger partial charge on any atom is -0.334 e. The Balaban J connectivity index is 1.66. The van der Waals surface area contributed by atoms with Gasteiger partial charge in [-0.3, -0.25) is 19.3 Å². The van der Waals surface area contributed by atoms with E-state index in [2.05, 4.69) is 7.05 Å². The third kappa shape index (κ3) is 3.31. The van der Waals surface area contributed by atoms with E-state index in [-0.39, 0.29) is 17.7 Å². The summed E-state index contributed by atoms with van der Waals surface area (Å²) in [6.07, 6.45) is 0.324. The molecule has 144 valence electrons. The first-order valence-electron chi connectivity index (χ1n) is 9.67. The molecule has 1 fully saturated rings. The zero-order valence-electron chi connectivity index (χ0n) is 15.9. The number of piperazine rings is 1. The lowest BCUT2D eigenvalue weighted by Crippen LogP contribution is -3.12. The van der Waals surface area contributed by atoms with E-state index >= 15 is 0 Å². The third-order valence-electron chi connectivity index (χ3n) is 5.62. The van der Waals surface area contributed by atoms with Gasteiger partial charge in [-0.25, -0.2) is 0 Å². The number of nitrogens with one attached hydrogen (secondary N) is 1. The van der Waals surface area contributed by atoms with Gasteiger partial charge < -0.3 is 9.80 Å². The standard InChI is InChI=1S/C22H23N3O3/c1-23-11-13-24(14-12-23)22(28)19(15-16-7-3-2-4-8-16)25-20(26)17-9-5-6-10-18(17)21(25)27/h2-10,19H,11-15H2,1H3/p+1/t19-/m1/s1. The quantitative estimate of drug-likeness (QED) is 0.776. The van der Waals surface area contributed by atoms with Crippen molar-refractivity contribution in [1.29, 1.82) is 0 Å². The molecule has 1 saturated heterocycles. The maximum absolute atomic E-state index is 13.4. The van der Waals surface area contributed by atoms with Crippen LogP contribution in [-0.2, 0) is 11.2 Å². The number of carbonyl (C=O) groups is 3. The minimum atomic E-state index is -0.826. The second-order valence-corrected chi connectivity index (χ2v) is 7.51. The molecule has 0 bridgehead atoms. The van der Waals surface area contributed by atoms with Crippen LogP contribution in [0.3, 0.4) is 0 Å². The highest BCUT2D eigenvalue weighted by Crippen LogP contribution is 2.26. The van der Waals surface area contributed by atoms with Gasteiger partial charge in [0.2, 0.25) is 5.91 Å². The van der Waals surface area contributed by atoms with Crippen molar-refractivity contribution < 1.29 is 19.3 Å². The molecular weight excluding hydrogens is 354 g/mol. The normalized spacial score (nSPS) is 18.3. The van der Waals surface area contributed by atoms with E-state index in [9.17, 15) is 14.4 Å². The summed E-state index contributed by atoms with van der Waals surface area (Å²) in [5.41, 5.74) is 1.68. The molecule has 0 aliphatic carbocycles. The van der Waals surface area contributed by atoms with Crippen molar-refractivity contribution in [1.82, 2.24) is 9.80 Å². The van der Waals surface area contributed by atoms with Gasteiger partial charge >= 0.3 is 0 Å². The van der Waals surface area contributed by atoms with Crippen LogP contribution < -0.4 is 4.90 Å². The number of carbonyl (C=O) groups excluding carboxylic acids is 3. The Labute approximate surface area is 164 Å². The lowest BCUT2D eigenvalue weighted by molar-refractivity contribution is -0.883. The van der Waals surface area contributed by atoms with Gasteiger partial charge in [0, 0.05) is 6.42 Å². The molecule has 2 aliphatic rings. The molecule has 2 aromatic carbocycles. The number of fused-ring (bicyclic) bond motifs is 1. The van der Waals surface area contributed by atoms with Gasteiger partial charge in [-0.05, 0) is 17.7 Å². The predicted octanol–water partition coefficient (Wildman–Crippen LogP) is 0.251. The average molecular weight is 378 g/mol. The SMILES string of the molecule is C[NH+]1CCN(C(=O)[C@@H](Cc2ccccc2)N2C(=O)c3ccccc3C2=O)CC1. The van der Waals surface area contributed by atoms with E-state index < -0.39 is 6.04 Å². The Hall–Kier alpha value is -2.99. The van der Waals surface area contributed by atoms with Crippen molar-refractivity contribution in [2.75, 3.05) is 33.2 Å². The maximum atomic E-state index is 13.4. The fraction of sp³-hybridized carbons (Fsp3) is 0.318. The first-order valence-corrected chi connectivity index (χ1v) is 9.67. The number of benzene rings is 2. The highest BCUT2D eigenvalue weighted by molar-refractivity contribution is 6.22. The minimum absolute atomic E-state index is 0.147. The van der Waals surface area contributed by atoms with Crippen LogP contribution in [-0.4, -0.2) is 66.8 Å². The van der Waals surface area contributed by atoms with E-state index in [0.29, 0.717) is 30.6 Å². The fourth-order valence-corrected chi connectivity index (χ4v) is 3.94. The molecule has 1 atom stereocenters. The van der Waals surface area contributed by atoms with Crippen molar-refractivity contribution in [3.63, 3.8) is 0 Å². The van der Waals surface area contributed by atoms with Crippen LogP contribution in [0.25, 0.3) is 0 Å². The molecule has 4 rings (SSSR count). The number of hydrogen-bond acceptors (Lipinski definition) is 3. The Morgan fingerprint density at radius 2 is 1.46 bits per heavy atom. The molecule has 2 heterocycles. The van der Waals surface area contributed by atoms with Crippen molar-refractivity contribution in [2.24, 2.45) is 0 Å². The number of quaternary nitrogens is 1. The molecule has 0 unspecified atom stereocenters. The summed E-state index contributed by atoms with van der Waals surface area (Å²) in [4.78, 5) is 43.8. The van der Waals surface area contributed by atoms with E-state index in [1.807, 2.05) is 30.3 Å². The summed E-state index contributed by atoms with van der Waals surface area (Å²) in [7, 11) is 2.10. The van der Waals surface area contributed by atoms with E-state index in [4.69, 9.17) is 0 Å². The van der Waals surface area contributed by atoms with Gasteiger partial charge in [0.25, 0.3) is 11.8 Å². The lowest BCUT2D eigenvalue weighted by Gasteiger charge is -2.35. The topological polar surface area (TPSA) is 62.1 Å². The van der Waals surface area contributed by atoms with Crippen molar-refractivity contribution in [3.05, 3.63) is 71.3 Å². The van der Waals surface area contributed by atoms with Crippen molar-refractivity contribution in [2.45, 2.75) is 12.5 Å². The van der Waals surface area contributed by atoms with Gasteiger partial charge in [0.1, 0.15) is 6.04 Å². The highest BCUT2D eigenvalue weighted by Gasteiger charge is 2.44. The number of hydrogen-bond donors (Lipinski definition) is 1. The lowest BCUT2D eigenvalue weighted by atomic mass is 10.0. The maximum Gasteiger partial charge on any atom is 0.262 e. The van der Waals surface area contributed by atoms with Gasteiger partial charge in [0.15, 0.2) is 0 Å². The molecule has 0 radical (unpaired) electrons. The van der Waals surface area contributed by atoms with Crippen LogP contribution in [0.2, 0.25) is 0 Å². The molecule has 2 aromatic rings. The summed E-state index contributed by atoms with van der Waals surface area (Å²) in [6.45, 7) is 3.01. The van der Waals surface area contributed by atoms with Crippen LogP contribution in [0, 0.1) is 0 Å². The molecule has 6 nitrogen and oxygen atoms in total. The van der Waals surface area contributed by atoms with Crippen molar-refractivity contribution >= 4 is 17.7 Å². The Morgan fingerprint density at radius 1 is 0.929 bits per heavy atom. The first-order chi connectivity index (χ1) is 13.6. The molecule has 1 N–H and O–H groups in total. The third-order valence-corrected chi connectivity index (χ3v) is 5.62. The van der Waals surface area contributed by atoms with Crippen molar-refractivity contribution in [3.8, 4) is 0 Å². The van der Waals surface area contributed by atoms with Crippen LogP contribution in [0.4, 0.5) is 0 Å². The number of nitrogens with zero attached hydrogens (tertiary/aromatic N) is 2. The van der Waals surface area contributed by atoms with Crippen LogP contribution in [0.5, 0.6) is 0 Å². The molecule has 0 saturated carbocycles.